The van der Waals surface area contributed by atoms with Crippen LogP contribution in [0.25, 0.3) is 0 Å². The van der Waals surface area contributed by atoms with Crippen LogP contribution in [-0.2, 0) is 42.2 Å². The first-order valence-corrected chi connectivity index (χ1v) is 19.7. The van der Waals surface area contributed by atoms with Crippen molar-refractivity contribution in [1.82, 2.24) is 4.31 Å². The number of benzene rings is 3. The summed E-state index contributed by atoms with van der Waals surface area (Å²) < 4.78 is 59.5. The number of rotatable bonds is 18. The van der Waals surface area contributed by atoms with E-state index in [0.717, 1.165) is 53.2 Å². The Hall–Kier alpha value is -3.03. The fourth-order valence-electron chi connectivity index (χ4n) is 7.06. The van der Waals surface area contributed by atoms with E-state index in [1.54, 1.807) is 30.5 Å². The molecule has 5 atom stereocenters. The zero-order valence-electron chi connectivity index (χ0n) is 30.8. The van der Waals surface area contributed by atoms with E-state index >= 15 is 0 Å². The number of hydrogen-bond donors (Lipinski definition) is 1. The molecule has 0 amide bonds. The summed E-state index contributed by atoms with van der Waals surface area (Å²) in [4.78, 5) is 2.57. The van der Waals surface area contributed by atoms with Crippen molar-refractivity contribution >= 4 is 15.7 Å². The Labute approximate surface area is 304 Å². The summed E-state index contributed by atoms with van der Waals surface area (Å²) in [5.74, 6) is 0.753. The number of fused-ring (bicyclic) bond motifs is 1. The topological polar surface area (TPSA) is 107 Å². The minimum atomic E-state index is -3.87. The first-order chi connectivity index (χ1) is 24.6. The molecule has 0 bridgehead atoms. The largest absolute Gasteiger partial charge is 0.490 e. The standard InChI is InChI=1S/C40H56N2O8S/c1-6-48-31(4)26-47-27-32-10-13-34(14-11-32)37-24-35(22-30(3)43)42(51(44,45)36-15-8-29(2)9-16-36)25-40(37)50-28-33-12-17-39-38(23-33)41(19-21-49-39)18-7-20-46-5/h8-17,23,30-31,35,37,40,43H,6-7,18-22,24-28H2,1-5H3/t30-,31+,35-,37+,40-/m0/s1. The highest BCUT2D eigenvalue weighted by Gasteiger charge is 2.43. The zero-order valence-corrected chi connectivity index (χ0v) is 31.6. The maximum atomic E-state index is 14.2. The summed E-state index contributed by atoms with van der Waals surface area (Å²) in [7, 11) is -2.15. The van der Waals surface area contributed by atoms with E-state index in [2.05, 4.69) is 35.2 Å². The molecule has 2 heterocycles. The number of aliphatic hydroxyl groups is 1. The number of anilines is 1. The highest BCUT2D eigenvalue weighted by Crippen LogP contribution is 2.39. The number of aryl methyl sites for hydroxylation is 1. The van der Waals surface area contributed by atoms with Crippen molar-refractivity contribution < 1.29 is 37.2 Å². The highest BCUT2D eigenvalue weighted by molar-refractivity contribution is 7.89. The van der Waals surface area contributed by atoms with Crippen LogP contribution in [0.3, 0.4) is 0 Å². The van der Waals surface area contributed by atoms with E-state index in [9.17, 15) is 13.5 Å². The van der Waals surface area contributed by atoms with Crippen LogP contribution in [0.4, 0.5) is 5.69 Å². The maximum absolute atomic E-state index is 14.2. The fourth-order valence-corrected chi connectivity index (χ4v) is 8.72. The van der Waals surface area contributed by atoms with Gasteiger partial charge in [0, 0.05) is 45.4 Å². The van der Waals surface area contributed by atoms with Gasteiger partial charge in [-0.15, -0.1) is 0 Å². The van der Waals surface area contributed by atoms with Gasteiger partial charge >= 0.3 is 0 Å². The summed E-state index contributed by atoms with van der Waals surface area (Å²) in [6, 6.07) is 21.0. The zero-order chi connectivity index (χ0) is 36.4. The number of ether oxygens (including phenoxy) is 5. The third-order valence-corrected chi connectivity index (χ3v) is 11.6. The van der Waals surface area contributed by atoms with Gasteiger partial charge in [-0.05, 0) is 87.9 Å². The Bertz CT molecular complexity index is 1620. The second kappa shape index (κ2) is 18.6. The third kappa shape index (κ3) is 10.5. The molecule has 2 aliphatic heterocycles. The second-order valence-electron chi connectivity index (χ2n) is 13.8. The molecule has 5 rings (SSSR count). The quantitative estimate of drug-likeness (QED) is 0.157. The second-order valence-corrected chi connectivity index (χ2v) is 15.7. The van der Waals surface area contributed by atoms with Gasteiger partial charge in [0.2, 0.25) is 10.0 Å². The normalized spacial score (nSPS) is 20.8. The Balaban J connectivity index is 1.40. The summed E-state index contributed by atoms with van der Waals surface area (Å²) in [6.45, 7) is 12.7. The fraction of sp³-hybridized carbons (Fsp3) is 0.550. The van der Waals surface area contributed by atoms with Crippen LogP contribution in [0.15, 0.2) is 71.6 Å². The van der Waals surface area contributed by atoms with Crippen molar-refractivity contribution in [1.29, 1.82) is 0 Å². The molecular formula is C40H56N2O8S. The summed E-state index contributed by atoms with van der Waals surface area (Å²) in [5, 5.41) is 10.6. The van der Waals surface area contributed by atoms with Gasteiger partial charge in [-0.3, -0.25) is 0 Å². The van der Waals surface area contributed by atoms with Gasteiger partial charge < -0.3 is 33.7 Å². The molecule has 0 aliphatic carbocycles. The molecule has 0 spiro atoms. The van der Waals surface area contributed by atoms with E-state index in [0.29, 0.717) is 52.5 Å². The molecule has 1 fully saturated rings. The lowest BCUT2D eigenvalue weighted by molar-refractivity contribution is -0.0254. The number of piperidine rings is 1. The lowest BCUT2D eigenvalue weighted by Crippen LogP contribution is -2.53. The molecule has 3 aromatic carbocycles. The molecular weight excluding hydrogens is 669 g/mol. The average Bonchev–Trinajstić information content (AvgIpc) is 3.11. The van der Waals surface area contributed by atoms with Crippen LogP contribution in [0.1, 0.15) is 68.2 Å². The number of methoxy groups -OCH3 is 1. The molecule has 3 aromatic rings. The monoisotopic (exact) mass is 724 g/mol. The SMILES string of the molecule is CCO[C@H](C)COCc1ccc([C@H]2C[C@H](C[C@H](C)O)N(S(=O)(=O)c3ccc(C)cc3)C[C@@H]2OCc2ccc3c(c2)N(CCCOC)CCO3)cc1. The van der Waals surface area contributed by atoms with Gasteiger partial charge in [-0.1, -0.05) is 48.0 Å². The number of hydrogen-bond acceptors (Lipinski definition) is 9. The lowest BCUT2D eigenvalue weighted by atomic mass is 9.82. The Morgan fingerprint density at radius 3 is 2.45 bits per heavy atom. The van der Waals surface area contributed by atoms with Crippen molar-refractivity contribution in [2.24, 2.45) is 0 Å². The highest BCUT2D eigenvalue weighted by atomic mass is 32.2. The minimum absolute atomic E-state index is 0.0285. The summed E-state index contributed by atoms with van der Waals surface area (Å²) >= 11 is 0. The lowest BCUT2D eigenvalue weighted by Gasteiger charge is -2.44. The molecule has 0 unspecified atom stereocenters. The molecule has 280 valence electrons. The van der Waals surface area contributed by atoms with E-state index < -0.39 is 28.3 Å². The maximum Gasteiger partial charge on any atom is 0.243 e. The van der Waals surface area contributed by atoms with E-state index in [-0.39, 0.29) is 23.5 Å². The van der Waals surface area contributed by atoms with Crippen LogP contribution >= 0.6 is 0 Å². The van der Waals surface area contributed by atoms with E-state index in [1.807, 2.05) is 45.0 Å². The molecule has 2 aliphatic rings. The molecule has 11 heteroatoms. The van der Waals surface area contributed by atoms with Crippen LogP contribution < -0.4 is 9.64 Å². The summed E-state index contributed by atoms with van der Waals surface area (Å²) in [5.41, 5.74) is 5.12. The van der Waals surface area contributed by atoms with E-state index in [1.165, 1.54) is 0 Å². The van der Waals surface area contributed by atoms with E-state index in [4.69, 9.17) is 23.7 Å². The minimum Gasteiger partial charge on any atom is -0.490 e. The number of aliphatic hydroxyl groups excluding tert-OH is 1. The Morgan fingerprint density at radius 1 is 1.00 bits per heavy atom. The van der Waals surface area contributed by atoms with Crippen molar-refractivity contribution in [3.05, 3.63) is 89.0 Å². The van der Waals surface area contributed by atoms with Gasteiger partial charge in [-0.2, -0.15) is 4.31 Å². The smallest absolute Gasteiger partial charge is 0.243 e. The van der Waals surface area contributed by atoms with Crippen molar-refractivity contribution in [2.75, 3.05) is 58.1 Å². The third-order valence-electron chi connectivity index (χ3n) is 9.69. The summed E-state index contributed by atoms with van der Waals surface area (Å²) in [6.07, 6.45) is 0.661. The number of nitrogens with zero attached hydrogens (tertiary/aromatic N) is 2. The first-order valence-electron chi connectivity index (χ1n) is 18.2. The molecule has 1 saturated heterocycles. The van der Waals surface area contributed by atoms with Gasteiger partial charge in [0.15, 0.2) is 0 Å². The van der Waals surface area contributed by atoms with Gasteiger partial charge in [-0.25, -0.2) is 8.42 Å². The van der Waals surface area contributed by atoms with Crippen LogP contribution in [0, 0.1) is 6.92 Å². The Kier molecular flexibility index (Phi) is 14.3. The average molecular weight is 725 g/mol. The first kappa shape index (κ1) is 39.2. The van der Waals surface area contributed by atoms with Crippen LogP contribution in [-0.4, -0.2) is 95.4 Å². The molecule has 10 nitrogen and oxygen atoms in total. The van der Waals surface area contributed by atoms with Crippen LogP contribution in [0.2, 0.25) is 0 Å². The molecule has 0 radical (unpaired) electrons. The molecule has 1 N–H and O–H groups in total. The van der Waals surface area contributed by atoms with Gasteiger partial charge in [0.05, 0.1) is 55.3 Å². The molecule has 0 saturated carbocycles. The molecule has 0 aromatic heterocycles. The van der Waals surface area contributed by atoms with Gasteiger partial charge in [0.25, 0.3) is 0 Å². The molecule has 51 heavy (non-hydrogen) atoms. The van der Waals surface area contributed by atoms with Crippen molar-refractivity contribution in [3.8, 4) is 5.75 Å². The predicted octanol–water partition coefficient (Wildman–Crippen LogP) is 6.08. The number of sulfonamides is 1. The predicted molar refractivity (Wildman–Crippen MR) is 199 cm³/mol. The Morgan fingerprint density at radius 2 is 1.75 bits per heavy atom. The van der Waals surface area contributed by atoms with Crippen LogP contribution in [0.5, 0.6) is 5.75 Å². The van der Waals surface area contributed by atoms with Crippen molar-refractivity contribution in [2.45, 2.75) is 95.3 Å². The van der Waals surface area contributed by atoms with Gasteiger partial charge in [0.1, 0.15) is 12.4 Å². The van der Waals surface area contributed by atoms with Crippen molar-refractivity contribution in [3.63, 3.8) is 0 Å².